The first-order valence-corrected chi connectivity index (χ1v) is 13.8. The lowest BCUT2D eigenvalue weighted by Crippen LogP contribution is -2.13. The van der Waals surface area contributed by atoms with Gasteiger partial charge in [0, 0.05) is 33.1 Å². The maximum atomic E-state index is 12.9. The Labute approximate surface area is 233 Å². The molecule has 0 radical (unpaired) electrons. The van der Waals surface area contributed by atoms with Crippen LogP contribution >= 0.6 is 27.3 Å². The minimum Gasteiger partial charge on any atom is -0.492 e. The van der Waals surface area contributed by atoms with Crippen LogP contribution in [0.1, 0.15) is 24.2 Å². The number of hydrogen-bond donors (Lipinski definition) is 2. The van der Waals surface area contributed by atoms with Gasteiger partial charge in [0.2, 0.25) is 0 Å². The van der Waals surface area contributed by atoms with E-state index in [-0.39, 0.29) is 5.91 Å². The number of carbonyl (C=O) groups excluding carboxylic acids is 1. The van der Waals surface area contributed by atoms with Crippen molar-refractivity contribution in [2.75, 3.05) is 23.8 Å². The molecule has 0 bridgehead atoms. The number of nitrogens with one attached hydrogen (secondary N) is 2. The highest BCUT2D eigenvalue weighted by molar-refractivity contribution is 9.10. The van der Waals surface area contributed by atoms with E-state index in [0.717, 1.165) is 25.8 Å². The molecule has 0 fully saturated rings. The fourth-order valence-electron chi connectivity index (χ4n) is 4.03. The van der Waals surface area contributed by atoms with E-state index < -0.39 is 0 Å². The summed E-state index contributed by atoms with van der Waals surface area (Å²) < 4.78 is 12.9. The molecule has 5 aromatic rings. The quantitative estimate of drug-likeness (QED) is 0.182. The van der Waals surface area contributed by atoms with Crippen molar-refractivity contribution in [3.63, 3.8) is 0 Å². The fraction of sp³-hybridized carbons (Fsp3) is 0.138. The molecule has 2 aromatic heterocycles. The second-order valence-corrected chi connectivity index (χ2v) is 9.99. The third-order valence-corrected chi connectivity index (χ3v) is 7.16. The van der Waals surface area contributed by atoms with E-state index in [0.29, 0.717) is 47.5 Å². The minimum absolute atomic E-state index is 0.232. The number of fused-ring (bicyclic) bond motifs is 1. The molecule has 3 aromatic carbocycles. The first-order valence-electron chi connectivity index (χ1n) is 12.1. The Morgan fingerprint density at radius 2 is 1.61 bits per heavy atom. The first kappa shape index (κ1) is 25.7. The number of aromatic nitrogens is 2. The van der Waals surface area contributed by atoms with E-state index in [9.17, 15) is 4.79 Å². The summed E-state index contributed by atoms with van der Waals surface area (Å²) in [6, 6.07) is 20.8. The maximum Gasteiger partial charge on any atom is 0.255 e. The predicted octanol–water partition coefficient (Wildman–Crippen LogP) is 7.91. The van der Waals surface area contributed by atoms with Gasteiger partial charge in [-0.2, -0.15) is 0 Å². The van der Waals surface area contributed by atoms with Gasteiger partial charge in [0.1, 0.15) is 28.5 Å². The van der Waals surface area contributed by atoms with Crippen molar-refractivity contribution in [3.8, 4) is 22.6 Å². The predicted molar refractivity (Wildman–Crippen MR) is 157 cm³/mol. The Morgan fingerprint density at radius 1 is 0.921 bits per heavy atom. The average molecular weight is 590 g/mol. The van der Waals surface area contributed by atoms with Gasteiger partial charge in [0.25, 0.3) is 5.91 Å². The van der Waals surface area contributed by atoms with Crippen molar-refractivity contribution in [1.29, 1.82) is 0 Å². The monoisotopic (exact) mass is 588 g/mol. The van der Waals surface area contributed by atoms with Gasteiger partial charge >= 0.3 is 0 Å². The third kappa shape index (κ3) is 5.49. The minimum atomic E-state index is -0.232. The van der Waals surface area contributed by atoms with Crippen LogP contribution in [0.3, 0.4) is 0 Å². The number of thiophene rings is 1. The van der Waals surface area contributed by atoms with Crippen molar-refractivity contribution < 1.29 is 14.3 Å². The Kier molecular flexibility index (Phi) is 7.86. The zero-order chi connectivity index (χ0) is 26.5. The van der Waals surface area contributed by atoms with E-state index in [4.69, 9.17) is 9.47 Å². The molecule has 192 valence electrons. The van der Waals surface area contributed by atoms with Crippen LogP contribution < -0.4 is 20.1 Å². The van der Waals surface area contributed by atoms with Crippen LogP contribution in [0.25, 0.3) is 21.3 Å². The normalized spacial score (nSPS) is 10.8. The number of ether oxygens (including phenoxy) is 2. The number of nitrogens with zero attached hydrogens (tertiary/aromatic N) is 2. The van der Waals surface area contributed by atoms with Crippen LogP contribution in [0, 0.1) is 0 Å². The summed E-state index contributed by atoms with van der Waals surface area (Å²) in [5, 5.41) is 9.42. The molecule has 0 aliphatic carbocycles. The Morgan fingerprint density at radius 3 is 2.32 bits per heavy atom. The summed E-state index contributed by atoms with van der Waals surface area (Å²) in [5.74, 6) is 1.50. The topological polar surface area (TPSA) is 85.4 Å². The largest absolute Gasteiger partial charge is 0.492 e. The molecule has 0 atom stereocenters. The second kappa shape index (κ2) is 11.6. The molecule has 2 N–H and O–H groups in total. The zero-order valence-corrected chi connectivity index (χ0v) is 23.2. The molecule has 5 rings (SSSR count). The Balaban J connectivity index is 1.55. The number of halogens is 1. The van der Waals surface area contributed by atoms with Crippen molar-refractivity contribution in [1.82, 2.24) is 9.97 Å². The van der Waals surface area contributed by atoms with Crippen molar-refractivity contribution in [3.05, 3.63) is 88.5 Å². The Bertz CT molecular complexity index is 1570. The molecular weight excluding hydrogens is 564 g/mol. The highest BCUT2D eigenvalue weighted by Gasteiger charge is 2.19. The standard InChI is InChI=1S/C29H25BrN4O3S/c1-3-36-24-15-23(34-28(35)19-8-6-5-7-9-19)25(37-4-2)14-22(24)33-27-26-21(16-38-29(26)32-17-31-27)18-10-12-20(30)13-11-18/h5-17H,3-4H2,1-2H3,(H,34,35)(H,31,32,33). The highest BCUT2D eigenvalue weighted by Crippen LogP contribution is 2.42. The van der Waals surface area contributed by atoms with E-state index in [1.807, 2.05) is 50.2 Å². The van der Waals surface area contributed by atoms with Crippen molar-refractivity contribution >= 4 is 60.6 Å². The average Bonchev–Trinajstić information content (AvgIpc) is 3.37. The summed E-state index contributed by atoms with van der Waals surface area (Å²) >= 11 is 5.07. The molecule has 9 heteroatoms. The van der Waals surface area contributed by atoms with Crippen LogP contribution in [-0.4, -0.2) is 29.1 Å². The van der Waals surface area contributed by atoms with E-state index in [2.05, 4.69) is 54.0 Å². The molecule has 38 heavy (non-hydrogen) atoms. The molecule has 0 saturated carbocycles. The summed E-state index contributed by atoms with van der Waals surface area (Å²) in [6.45, 7) is 4.68. The van der Waals surface area contributed by atoms with Gasteiger partial charge < -0.3 is 20.1 Å². The van der Waals surface area contributed by atoms with Gasteiger partial charge in [-0.3, -0.25) is 4.79 Å². The molecule has 0 saturated heterocycles. The van der Waals surface area contributed by atoms with Crippen molar-refractivity contribution in [2.45, 2.75) is 13.8 Å². The Hall–Kier alpha value is -3.95. The van der Waals surface area contributed by atoms with E-state index >= 15 is 0 Å². The highest BCUT2D eigenvalue weighted by atomic mass is 79.9. The van der Waals surface area contributed by atoms with Gasteiger partial charge in [0.05, 0.1) is 30.0 Å². The van der Waals surface area contributed by atoms with E-state index in [1.54, 1.807) is 35.9 Å². The lowest BCUT2D eigenvalue weighted by molar-refractivity contribution is 0.102. The molecule has 0 aliphatic heterocycles. The molecule has 0 spiro atoms. The smallest absolute Gasteiger partial charge is 0.255 e. The summed E-state index contributed by atoms with van der Waals surface area (Å²) in [4.78, 5) is 22.8. The first-order chi connectivity index (χ1) is 18.6. The van der Waals surface area contributed by atoms with Crippen LogP contribution in [0.4, 0.5) is 17.2 Å². The molecule has 7 nitrogen and oxygen atoms in total. The van der Waals surface area contributed by atoms with Crippen molar-refractivity contribution in [2.24, 2.45) is 0 Å². The second-order valence-electron chi connectivity index (χ2n) is 8.21. The lowest BCUT2D eigenvalue weighted by Gasteiger charge is -2.18. The number of carbonyl (C=O) groups is 1. The number of rotatable bonds is 9. The maximum absolute atomic E-state index is 12.9. The lowest BCUT2D eigenvalue weighted by atomic mass is 10.1. The zero-order valence-electron chi connectivity index (χ0n) is 20.8. The van der Waals surface area contributed by atoms with Gasteiger partial charge in [-0.15, -0.1) is 11.3 Å². The van der Waals surface area contributed by atoms with Crippen LogP contribution in [-0.2, 0) is 0 Å². The van der Waals surface area contributed by atoms with Gasteiger partial charge in [-0.05, 0) is 43.7 Å². The molecule has 0 aliphatic rings. The molecule has 2 heterocycles. The van der Waals surface area contributed by atoms with Crippen LogP contribution in [0.2, 0.25) is 0 Å². The number of anilines is 3. The van der Waals surface area contributed by atoms with E-state index in [1.165, 1.54) is 0 Å². The SMILES string of the molecule is CCOc1cc(Nc2ncnc3scc(-c4ccc(Br)cc4)c23)c(OCC)cc1NC(=O)c1ccccc1. The van der Waals surface area contributed by atoms with Crippen LogP contribution in [0.15, 0.2) is 82.9 Å². The number of hydrogen-bond acceptors (Lipinski definition) is 7. The number of benzene rings is 3. The summed E-state index contributed by atoms with van der Waals surface area (Å²) in [7, 11) is 0. The third-order valence-electron chi connectivity index (χ3n) is 5.74. The summed E-state index contributed by atoms with van der Waals surface area (Å²) in [5.41, 5.74) is 3.85. The molecular formula is C29H25BrN4O3S. The summed E-state index contributed by atoms with van der Waals surface area (Å²) in [6.07, 6.45) is 1.55. The van der Waals surface area contributed by atoms with Gasteiger partial charge in [-0.1, -0.05) is 46.3 Å². The van der Waals surface area contributed by atoms with Gasteiger partial charge in [-0.25, -0.2) is 9.97 Å². The molecule has 0 unspecified atom stereocenters. The molecule has 1 amide bonds. The fourth-order valence-corrected chi connectivity index (χ4v) is 5.21. The number of amides is 1. The van der Waals surface area contributed by atoms with Gasteiger partial charge in [0.15, 0.2) is 0 Å². The van der Waals surface area contributed by atoms with Crippen LogP contribution in [0.5, 0.6) is 11.5 Å².